The summed E-state index contributed by atoms with van der Waals surface area (Å²) in [7, 11) is 0. The Labute approximate surface area is 160 Å². The first-order valence-electron chi connectivity index (χ1n) is 9.25. The van der Waals surface area contributed by atoms with Crippen LogP contribution in [0.5, 0.6) is 11.5 Å². The number of nitrogens with zero attached hydrogens (tertiary/aromatic N) is 3. The maximum Gasteiger partial charge on any atom is 0.157 e. The van der Waals surface area contributed by atoms with Gasteiger partial charge in [-0.1, -0.05) is 32.9 Å². The summed E-state index contributed by atoms with van der Waals surface area (Å²) in [6.07, 6.45) is 7.33. The zero-order chi connectivity index (χ0) is 19.3. The van der Waals surface area contributed by atoms with Crippen LogP contribution in [0.1, 0.15) is 43.0 Å². The van der Waals surface area contributed by atoms with Gasteiger partial charge in [-0.05, 0) is 42.9 Å². The molecule has 0 aliphatic carbocycles. The summed E-state index contributed by atoms with van der Waals surface area (Å²) >= 11 is 0. The van der Waals surface area contributed by atoms with Crippen molar-refractivity contribution in [2.75, 3.05) is 4.90 Å². The fourth-order valence-corrected chi connectivity index (χ4v) is 3.68. The molecule has 0 unspecified atom stereocenters. The van der Waals surface area contributed by atoms with Gasteiger partial charge in [0.15, 0.2) is 11.5 Å². The molecule has 3 heterocycles. The van der Waals surface area contributed by atoms with E-state index in [1.165, 1.54) is 16.7 Å². The van der Waals surface area contributed by atoms with Crippen LogP contribution in [0.2, 0.25) is 0 Å². The Balaban J connectivity index is 1.99. The number of benzene rings is 1. The van der Waals surface area contributed by atoms with Crippen LogP contribution in [-0.2, 0) is 5.41 Å². The topological polar surface area (TPSA) is 38.3 Å². The highest BCUT2D eigenvalue weighted by Gasteiger charge is 2.30. The molecule has 0 saturated heterocycles. The SMILES string of the molecule is Cc1cncc2c1Oc1ccncc1N2c1c(C)cc(C(C)(C)C)cc1C. The molecule has 138 valence electrons. The number of aromatic nitrogens is 2. The average molecular weight is 359 g/mol. The summed E-state index contributed by atoms with van der Waals surface area (Å²) in [4.78, 5) is 11.0. The van der Waals surface area contributed by atoms with E-state index >= 15 is 0 Å². The lowest BCUT2D eigenvalue weighted by molar-refractivity contribution is 0.471. The minimum absolute atomic E-state index is 0.106. The van der Waals surface area contributed by atoms with Crippen LogP contribution in [0.3, 0.4) is 0 Å². The molecule has 4 nitrogen and oxygen atoms in total. The molecule has 1 aliphatic rings. The predicted molar refractivity (Wildman–Crippen MR) is 110 cm³/mol. The fourth-order valence-electron chi connectivity index (χ4n) is 3.68. The fraction of sp³-hybridized carbons (Fsp3) is 0.304. The minimum Gasteiger partial charge on any atom is -0.452 e. The van der Waals surface area contributed by atoms with Gasteiger partial charge in [-0.2, -0.15) is 0 Å². The number of pyridine rings is 2. The maximum absolute atomic E-state index is 6.20. The first-order chi connectivity index (χ1) is 12.8. The van der Waals surface area contributed by atoms with Gasteiger partial charge >= 0.3 is 0 Å². The lowest BCUT2D eigenvalue weighted by Crippen LogP contribution is -2.20. The van der Waals surface area contributed by atoms with Gasteiger partial charge < -0.3 is 9.64 Å². The van der Waals surface area contributed by atoms with Crippen molar-refractivity contribution >= 4 is 17.1 Å². The van der Waals surface area contributed by atoms with Crippen LogP contribution in [0.15, 0.2) is 43.0 Å². The Hall–Kier alpha value is -2.88. The largest absolute Gasteiger partial charge is 0.452 e. The third-order valence-corrected chi connectivity index (χ3v) is 5.09. The summed E-state index contributed by atoms with van der Waals surface area (Å²) in [5.74, 6) is 1.66. The zero-order valence-electron chi connectivity index (χ0n) is 16.8. The van der Waals surface area contributed by atoms with Gasteiger partial charge in [0.05, 0.1) is 18.1 Å². The Bertz CT molecular complexity index is 1010. The van der Waals surface area contributed by atoms with Crippen molar-refractivity contribution in [1.29, 1.82) is 0 Å². The molecular weight excluding hydrogens is 334 g/mol. The maximum atomic E-state index is 6.20. The molecule has 0 N–H and O–H groups in total. The molecule has 3 aromatic rings. The number of aryl methyl sites for hydroxylation is 3. The van der Waals surface area contributed by atoms with E-state index in [4.69, 9.17) is 4.74 Å². The standard InChI is InChI=1S/C23H25N3O/c1-14-9-17(23(4,5)6)10-15(2)21(14)26-18-12-24-8-7-20(18)27-22-16(3)11-25-13-19(22)26/h7-13H,1-6H3. The van der Waals surface area contributed by atoms with E-state index in [1.54, 1.807) is 6.20 Å². The number of hydrogen-bond acceptors (Lipinski definition) is 4. The van der Waals surface area contributed by atoms with Crippen molar-refractivity contribution in [3.63, 3.8) is 0 Å². The molecule has 0 fully saturated rings. The summed E-state index contributed by atoms with van der Waals surface area (Å²) in [5, 5.41) is 0. The van der Waals surface area contributed by atoms with Crippen LogP contribution >= 0.6 is 0 Å². The summed E-state index contributed by atoms with van der Waals surface area (Å²) in [6, 6.07) is 6.49. The van der Waals surface area contributed by atoms with Gasteiger partial charge in [-0.25, -0.2) is 0 Å². The van der Waals surface area contributed by atoms with Crippen LogP contribution in [0.4, 0.5) is 17.1 Å². The third kappa shape index (κ3) is 2.85. The van der Waals surface area contributed by atoms with Gasteiger partial charge in [-0.3, -0.25) is 9.97 Å². The highest BCUT2D eigenvalue weighted by Crippen LogP contribution is 2.52. The monoisotopic (exact) mass is 359 g/mol. The molecule has 0 saturated carbocycles. The highest BCUT2D eigenvalue weighted by atomic mass is 16.5. The number of ether oxygens (including phenoxy) is 1. The number of rotatable bonds is 1. The smallest absolute Gasteiger partial charge is 0.157 e. The summed E-state index contributed by atoms with van der Waals surface area (Å²) in [5.41, 5.74) is 7.96. The second-order valence-electron chi connectivity index (χ2n) is 8.29. The Kier molecular flexibility index (Phi) is 3.95. The Morgan fingerprint density at radius 1 is 0.852 bits per heavy atom. The van der Waals surface area contributed by atoms with Gasteiger partial charge in [0, 0.05) is 24.0 Å². The number of hydrogen-bond donors (Lipinski definition) is 0. The lowest BCUT2D eigenvalue weighted by Gasteiger charge is -2.35. The minimum atomic E-state index is 0.106. The second-order valence-corrected chi connectivity index (χ2v) is 8.29. The molecule has 0 radical (unpaired) electrons. The first-order valence-corrected chi connectivity index (χ1v) is 9.25. The van der Waals surface area contributed by atoms with Gasteiger partial charge in [0.2, 0.25) is 0 Å². The number of anilines is 3. The van der Waals surface area contributed by atoms with Crippen molar-refractivity contribution in [1.82, 2.24) is 9.97 Å². The molecule has 4 rings (SSSR count). The van der Waals surface area contributed by atoms with Crippen molar-refractivity contribution in [2.24, 2.45) is 0 Å². The first kappa shape index (κ1) is 17.5. The summed E-state index contributed by atoms with van der Waals surface area (Å²) < 4.78 is 6.20. The van der Waals surface area contributed by atoms with E-state index in [-0.39, 0.29) is 5.41 Å². The van der Waals surface area contributed by atoms with E-state index in [1.807, 2.05) is 31.6 Å². The molecule has 4 heteroatoms. The van der Waals surface area contributed by atoms with Crippen LogP contribution in [0, 0.1) is 20.8 Å². The van der Waals surface area contributed by atoms with Crippen LogP contribution in [-0.4, -0.2) is 9.97 Å². The third-order valence-electron chi connectivity index (χ3n) is 5.09. The second kappa shape index (κ2) is 6.08. The van der Waals surface area contributed by atoms with Crippen molar-refractivity contribution in [3.8, 4) is 11.5 Å². The Morgan fingerprint density at radius 3 is 2.19 bits per heavy atom. The Morgan fingerprint density at radius 2 is 1.52 bits per heavy atom. The van der Waals surface area contributed by atoms with E-state index in [9.17, 15) is 0 Å². The molecule has 0 amide bonds. The molecule has 2 aromatic heterocycles. The van der Waals surface area contributed by atoms with Crippen molar-refractivity contribution in [3.05, 3.63) is 65.2 Å². The quantitative estimate of drug-likeness (QED) is 0.401. The normalized spacial score (nSPS) is 13.0. The molecule has 0 bridgehead atoms. The van der Waals surface area contributed by atoms with Gasteiger partial charge in [0.1, 0.15) is 11.4 Å². The molecule has 1 aliphatic heterocycles. The predicted octanol–water partition coefficient (Wildman–Crippen LogP) is 6.27. The molecular formula is C23H25N3O. The van der Waals surface area contributed by atoms with E-state index in [0.29, 0.717) is 0 Å². The van der Waals surface area contributed by atoms with Gasteiger partial charge in [0.25, 0.3) is 0 Å². The number of fused-ring (bicyclic) bond motifs is 2. The average Bonchev–Trinajstić information content (AvgIpc) is 2.60. The summed E-state index contributed by atoms with van der Waals surface area (Å²) in [6.45, 7) is 13.1. The molecule has 0 spiro atoms. The van der Waals surface area contributed by atoms with Crippen LogP contribution in [0.25, 0.3) is 0 Å². The van der Waals surface area contributed by atoms with E-state index < -0.39 is 0 Å². The van der Waals surface area contributed by atoms with Crippen molar-refractivity contribution < 1.29 is 4.74 Å². The van der Waals surface area contributed by atoms with Gasteiger partial charge in [-0.15, -0.1) is 0 Å². The van der Waals surface area contributed by atoms with E-state index in [0.717, 1.165) is 34.1 Å². The van der Waals surface area contributed by atoms with Crippen LogP contribution < -0.4 is 9.64 Å². The highest BCUT2D eigenvalue weighted by molar-refractivity contribution is 5.88. The van der Waals surface area contributed by atoms with Crippen molar-refractivity contribution in [2.45, 2.75) is 47.0 Å². The van der Waals surface area contributed by atoms with E-state index in [2.05, 4.69) is 61.6 Å². The zero-order valence-corrected chi connectivity index (χ0v) is 16.8. The molecule has 1 aromatic carbocycles. The molecule has 0 atom stereocenters. The molecule has 27 heavy (non-hydrogen) atoms. The lowest BCUT2D eigenvalue weighted by atomic mass is 9.84.